The van der Waals surface area contributed by atoms with Gasteiger partial charge >= 0.3 is 0 Å². The summed E-state index contributed by atoms with van der Waals surface area (Å²) in [6.07, 6.45) is 1.75. The predicted molar refractivity (Wildman–Crippen MR) is 76.1 cm³/mol. The number of aromatic nitrogens is 1. The Balaban J connectivity index is 1.97. The second kappa shape index (κ2) is 6.52. The lowest BCUT2D eigenvalue weighted by Crippen LogP contribution is -2.26. The highest BCUT2D eigenvalue weighted by Crippen LogP contribution is 2.17. The van der Waals surface area contributed by atoms with E-state index in [1.54, 1.807) is 11.3 Å². The first kappa shape index (κ1) is 13.1. The molecule has 0 aliphatic heterocycles. The Bertz CT molecular complexity index is 470. The maximum atomic E-state index is 9.43. The van der Waals surface area contributed by atoms with Crippen molar-refractivity contribution in [1.29, 1.82) is 0 Å². The number of benzene rings is 1. The van der Waals surface area contributed by atoms with E-state index in [1.807, 2.05) is 18.2 Å². The summed E-state index contributed by atoms with van der Waals surface area (Å²) in [7, 11) is 0. The van der Waals surface area contributed by atoms with Gasteiger partial charge in [-0.15, -0.1) is 11.3 Å². The van der Waals surface area contributed by atoms with Gasteiger partial charge in [-0.1, -0.05) is 37.3 Å². The largest absolute Gasteiger partial charge is 0.394 e. The lowest BCUT2D eigenvalue weighted by Gasteiger charge is -2.15. The summed E-state index contributed by atoms with van der Waals surface area (Å²) in [5.74, 6) is 0. The summed E-state index contributed by atoms with van der Waals surface area (Å²) in [5.41, 5.74) is 2.32. The standard InChI is InChI=1S/C14H18N2OS/c1-2-12-10-18-14(15-12)16-13(9-17)8-11-6-4-3-5-7-11/h3-7,10,13,17H,2,8-9H2,1H3,(H,15,16). The van der Waals surface area contributed by atoms with Gasteiger partial charge in [-0.25, -0.2) is 4.98 Å². The van der Waals surface area contributed by atoms with Gasteiger partial charge < -0.3 is 10.4 Å². The molecule has 1 aromatic heterocycles. The third-order valence-corrected chi connectivity index (χ3v) is 3.61. The quantitative estimate of drug-likeness (QED) is 0.841. The van der Waals surface area contributed by atoms with Crippen molar-refractivity contribution in [2.24, 2.45) is 0 Å². The van der Waals surface area contributed by atoms with E-state index < -0.39 is 0 Å². The van der Waals surface area contributed by atoms with E-state index >= 15 is 0 Å². The zero-order chi connectivity index (χ0) is 12.8. The van der Waals surface area contributed by atoms with Crippen molar-refractivity contribution < 1.29 is 5.11 Å². The van der Waals surface area contributed by atoms with Gasteiger partial charge in [-0.05, 0) is 18.4 Å². The topological polar surface area (TPSA) is 45.1 Å². The smallest absolute Gasteiger partial charge is 0.183 e. The molecule has 0 amide bonds. The lowest BCUT2D eigenvalue weighted by molar-refractivity contribution is 0.273. The van der Waals surface area contributed by atoms with Crippen molar-refractivity contribution in [2.45, 2.75) is 25.8 Å². The number of anilines is 1. The molecule has 1 atom stereocenters. The van der Waals surface area contributed by atoms with Gasteiger partial charge in [0.05, 0.1) is 18.3 Å². The molecule has 0 spiro atoms. The van der Waals surface area contributed by atoms with Crippen LogP contribution < -0.4 is 5.32 Å². The molecule has 0 radical (unpaired) electrons. The molecule has 1 heterocycles. The Kier molecular flexibility index (Phi) is 4.73. The fourth-order valence-corrected chi connectivity index (χ4v) is 2.64. The lowest BCUT2D eigenvalue weighted by atomic mass is 10.1. The van der Waals surface area contributed by atoms with Crippen molar-refractivity contribution in [1.82, 2.24) is 4.98 Å². The zero-order valence-electron chi connectivity index (χ0n) is 10.5. The maximum absolute atomic E-state index is 9.43. The summed E-state index contributed by atoms with van der Waals surface area (Å²) in [6.45, 7) is 2.20. The molecular formula is C14H18N2OS. The molecule has 1 unspecified atom stereocenters. The van der Waals surface area contributed by atoms with Crippen LogP contribution in [0.4, 0.5) is 5.13 Å². The molecule has 0 aliphatic carbocycles. The van der Waals surface area contributed by atoms with Crippen molar-refractivity contribution in [3.05, 3.63) is 47.0 Å². The van der Waals surface area contributed by atoms with Crippen LogP contribution in [0.2, 0.25) is 0 Å². The number of nitrogens with zero attached hydrogens (tertiary/aromatic N) is 1. The van der Waals surface area contributed by atoms with Gasteiger partial charge in [0.2, 0.25) is 0 Å². The first-order chi connectivity index (χ1) is 8.81. The number of nitrogens with one attached hydrogen (secondary N) is 1. The van der Waals surface area contributed by atoms with Crippen LogP contribution in [0.15, 0.2) is 35.7 Å². The van der Waals surface area contributed by atoms with E-state index in [1.165, 1.54) is 5.56 Å². The van der Waals surface area contributed by atoms with Crippen molar-refractivity contribution in [3.63, 3.8) is 0 Å². The molecule has 96 valence electrons. The van der Waals surface area contributed by atoms with Gasteiger partial charge in [0.1, 0.15) is 0 Å². The molecule has 0 saturated carbocycles. The highest BCUT2D eigenvalue weighted by atomic mass is 32.1. The van der Waals surface area contributed by atoms with E-state index in [4.69, 9.17) is 0 Å². The summed E-state index contributed by atoms with van der Waals surface area (Å²) in [4.78, 5) is 4.45. The molecule has 1 aromatic carbocycles. The number of hydrogen-bond acceptors (Lipinski definition) is 4. The first-order valence-electron chi connectivity index (χ1n) is 6.17. The minimum absolute atomic E-state index is 0.0169. The van der Waals surface area contributed by atoms with Gasteiger partial charge in [-0.2, -0.15) is 0 Å². The van der Waals surface area contributed by atoms with Crippen LogP contribution in [0, 0.1) is 0 Å². The number of aryl methyl sites for hydroxylation is 1. The molecule has 2 rings (SSSR count). The molecule has 18 heavy (non-hydrogen) atoms. The van der Waals surface area contributed by atoms with Gasteiger partial charge in [0.15, 0.2) is 5.13 Å². The molecule has 0 bridgehead atoms. The number of rotatable bonds is 6. The predicted octanol–water partition coefficient (Wildman–Crippen LogP) is 2.72. The fraction of sp³-hybridized carbons (Fsp3) is 0.357. The highest BCUT2D eigenvalue weighted by Gasteiger charge is 2.10. The molecule has 3 nitrogen and oxygen atoms in total. The molecular weight excluding hydrogens is 244 g/mol. The Hall–Kier alpha value is -1.39. The van der Waals surface area contributed by atoms with Gasteiger partial charge in [0.25, 0.3) is 0 Å². The van der Waals surface area contributed by atoms with Crippen LogP contribution in [-0.4, -0.2) is 22.7 Å². The van der Waals surface area contributed by atoms with Crippen LogP contribution in [-0.2, 0) is 12.8 Å². The average molecular weight is 262 g/mol. The molecule has 0 saturated heterocycles. The Morgan fingerprint density at radius 1 is 1.33 bits per heavy atom. The summed E-state index contributed by atoms with van der Waals surface area (Å²) >= 11 is 1.60. The van der Waals surface area contributed by atoms with Crippen molar-refractivity contribution in [3.8, 4) is 0 Å². The summed E-state index contributed by atoms with van der Waals surface area (Å²) in [6, 6.07) is 10.2. The number of aliphatic hydroxyl groups excluding tert-OH is 1. The second-order valence-corrected chi connectivity index (χ2v) is 5.07. The Morgan fingerprint density at radius 2 is 2.11 bits per heavy atom. The fourth-order valence-electron chi connectivity index (χ4n) is 1.77. The average Bonchev–Trinajstić information content (AvgIpc) is 2.87. The Morgan fingerprint density at radius 3 is 2.72 bits per heavy atom. The van der Waals surface area contributed by atoms with Crippen LogP contribution >= 0.6 is 11.3 Å². The van der Waals surface area contributed by atoms with Gasteiger partial charge in [-0.3, -0.25) is 0 Å². The molecule has 4 heteroatoms. The third kappa shape index (κ3) is 3.55. The molecule has 2 aromatic rings. The number of thiazole rings is 1. The number of hydrogen-bond donors (Lipinski definition) is 2. The molecule has 0 aliphatic rings. The molecule has 2 N–H and O–H groups in total. The van der Waals surface area contributed by atoms with E-state index in [0.29, 0.717) is 0 Å². The molecule has 0 fully saturated rings. The van der Waals surface area contributed by atoms with Crippen LogP contribution in [0.25, 0.3) is 0 Å². The van der Waals surface area contributed by atoms with E-state index in [2.05, 4.69) is 34.7 Å². The second-order valence-electron chi connectivity index (χ2n) is 4.21. The van der Waals surface area contributed by atoms with E-state index in [9.17, 15) is 5.11 Å². The summed E-state index contributed by atoms with van der Waals surface area (Å²) in [5, 5.41) is 15.7. The van der Waals surface area contributed by atoms with Crippen LogP contribution in [0.3, 0.4) is 0 Å². The zero-order valence-corrected chi connectivity index (χ0v) is 11.3. The van der Waals surface area contributed by atoms with E-state index in [-0.39, 0.29) is 12.6 Å². The number of aliphatic hydroxyl groups is 1. The first-order valence-corrected chi connectivity index (χ1v) is 7.05. The van der Waals surface area contributed by atoms with E-state index in [0.717, 1.165) is 23.7 Å². The third-order valence-electron chi connectivity index (χ3n) is 2.79. The highest BCUT2D eigenvalue weighted by molar-refractivity contribution is 7.13. The maximum Gasteiger partial charge on any atom is 0.183 e. The van der Waals surface area contributed by atoms with Gasteiger partial charge in [0, 0.05) is 5.38 Å². The minimum atomic E-state index is 0.0169. The summed E-state index contributed by atoms with van der Waals surface area (Å²) < 4.78 is 0. The Labute approximate surface area is 112 Å². The normalized spacial score (nSPS) is 12.3. The van der Waals surface area contributed by atoms with Crippen LogP contribution in [0.1, 0.15) is 18.2 Å². The van der Waals surface area contributed by atoms with Crippen molar-refractivity contribution in [2.75, 3.05) is 11.9 Å². The van der Waals surface area contributed by atoms with Crippen molar-refractivity contribution >= 4 is 16.5 Å². The SMILES string of the molecule is CCc1csc(NC(CO)Cc2ccccc2)n1. The van der Waals surface area contributed by atoms with Crippen LogP contribution in [0.5, 0.6) is 0 Å². The minimum Gasteiger partial charge on any atom is -0.394 e. The monoisotopic (exact) mass is 262 g/mol.